The number of nitrogens with two attached hydrogens (primary N) is 1. The Kier molecular flexibility index (Phi) is 4.88. The van der Waals surface area contributed by atoms with Crippen LogP contribution in [0.3, 0.4) is 0 Å². The molecular formula is C23H23FN6O2. The van der Waals surface area contributed by atoms with Crippen molar-refractivity contribution in [2.45, 2.75) is 26.3 Å². The predicted octanol–water partition coefficient (Wildman–Crippen LogP) is 2.33. The first kappa shape index (κ1) is 20.2. The van der Waals surface area contributed by atoms with Gasteiger partial charge in [0.15, 0.2) is 5.82 Å². The minimum Gasteiger partial charge on any atom is -0.369 e. The van der Waals surface area contributed by atoms with E-state index in [4.69, 9.17) is 5.73 Å². The van der Waals surface area contributed by atoms with Crippen molar-refractivity contribution in [1.82, 2.24) is 20.1 Å². The van der Waals surface area contributed by atoms with Gasteiger partial charge in [-0.1, -0.05) is 12.1 Å². The number of carbonyl (C=O) groups excluding carboxylic acids is 2. The van der Waals surface area contributed by atoms with E-state index >= 15 is 0 Å². The second-order valence-electron chi connectivity index (χ2n) is 8.27. The Balaban J connectivity index is 1.58. The summed E-state index contributed by atoms with van der Waals surface area (Å²) < 4.78 is 16.3. The van der Waals surface area contributed by atoms with Crippen molar-refractivity contribution >= 4 is 17.6 Å². The van der Waals surface area contributed by atoms with Gasteiger partial charge in [0, 0.05) is 30.9 Å². The highest BCUT2D eigenvalue weighted by Crippen LogP contribution is 2.32. The molecule has 3 aromatic rings. The fourth-order valence-corrected chi connectivity index (χ4v) is 4.51. The number of anilines is 1. The van der Waals surface area contributed by atoms with Crippen LogP contribution in [0.4, 0.5) is 10.2 Å². The zero-order valence-corrected chi connectivity index (χ0v) is 17.6. The Morgan fingerprint density at radius 1 is 1.28 bits per heavy atom. The van der Waals surface area contributed by atoms with Gasteiger partial charge in [-0.05, 0) is 37.5 Å². The lowest BCUT2D eigenvalue weighted by atomic mass is 9.98. The summed E-state index contributed by atoms with van der Waals surface area (Å²) in [5, 5.41) is 7.47. The Labute approximate surface area is 184 Å². The number of aromatic nitrogens is 3. The third-order valence-corrected chi connectivity index (χ3v) is 6.16. The first-order valence-electron chi connectivity index (χ1n) is 10.6. The SMILES string of the molecule is Cc1cccc(F)c1-c1cc(-n2ccc(N3CCCC(C(N)=O)C3)n2)c2c(n1)CNC2=O. The molecule has 0 bridgehead atoms. The van der Waals surface area contributed by atoms with Crippen molar-refractivity contribution in [1.29, 1.82) is 0 Å². The molecule has 1 atom stereocenters. The highest BCUT2D eigenvalue weighted by atomic mass is 19.1. The van der Waals surface area contributed by atoms with Crippen LogP contribution in [0.1, 0.15) is 34.5 Å². The molecule has 8 nitrogen and oxygen atoms in total. The number of piperidine rings is 1. The van der Waals surface area contributed by atoms with Crippen LogP contribution in [0.25, 0.3) is 16.9 Å². The number of halogens is 1. The van der Waals surface area contributed by atoms with E-state index in [1.165, 1.54) is 6.07 Å². The lowest BCUT2D eigenvalue weighted by Gasteiger charge is -2.31. The molecule has 2 aliphatic heterocycles. The molecule has 1 unspecified atom stereocenters. The maximum atomic E-state index is 14.7. The standard InChI is InChI=1S/C23H23FN6O2/c1-13-4-2-6-15(24)20(13)16-10-18(21-17(27-16)11-26-23(21)32)30-9-7-19(28-30)29-8-3-5-14(12-29)22(25)31/h2,4,6-7,9-10,14H,3,5,8,11-12H2,1H3,(H2,25,31)(H,26,32). The maximum absolute atomic E-state index is 14.7. The van der Waals surface area contributed by atoms with Crippen molar-refractivity contribution in [3.8, 4) is 16.9 Å². The van der Waals surface area contributed by atoms with Crippen molar-refractivity contribution in [3.63, 3.8) is 0 Å². The van der Waals surface area contributed by atoms with Gasteiger partial charge in [0.1, 0.15) is 5.82 Å². The van der Waals surface area contributed by atoms with Crippen LogP contribution in [0.15, 0.2) is 36.5 Å². The monoisotopic (exact) mass is 434 g/mol. The van der Waals surface area contributed by atoms with Crippen LogP contribution >= 0.6 is 0 Å². The third-order valence-electron chi connectivity index (χ3n) is 6.16. The molecule has 3 N–H and O–H groups in total. The van der Waals surface area contributed by atoms with E-state index in [-0.39, 0.29) is 30.1 Å². The van der Waals surface area contributed by atoms with E-state index in [1.807, 2.05) is 24.0 Å². The number of benzene rings is 1. The van der Waals surface area contributed by atoms with Gasteiger partial charge in [-0.25, -0.2) is 14.1 Å². The van der Waals surface area contributed by atoms with E-state index in [1.54, 1.807) is 23.0 Å². The quantitative estimate of drug-likeness (QED) is 0.656. The van der Waals surface area contributed by atoms with E-state index in [2.05, 4.69) is 15.4 Å². The summed E-state index contributed by atoms with van der Waals surface area (Å²) in [7, 11) is 0. The van der Waals surface area contributed by atoms with E-state index < -0.39 is 0 Å². The number of hydrogen-bond donors (Lipinski definition) is 2. The van der Waals surface area contributed by atoms with Crippen LogP contribution in [0.5, 0.6) is 0 Å². The summed E-state index contributed by atoms with van der Waals surface area (Å²) in [6.45, 7) is 3.40. The Morgan fingerprint density at radius 2 is 2.12 bits per heavy atom. The van der Waals surface area contributed by atoms with Crippen molar-refractivity contribution in [2.75, 3.05) is 18.0 Å². The first-order chi connectivity index (χ1) is 15.4. The number of hydrogen-bond acceptors (Lipinski definition) is 5. The molecule has 1 aromatic carbocycles. The van der Waals surface area contributed by atoms with Gasteiger partial charge < -0.3 is 16.0 Å². The topological polar surface area (TPSA) is 106 Å². The van der Waals surface area contributed by atoms with Crippen LogP contribution in [0, 0.1) is 18.7 Å². The van der Waals surface area contributed by atoms with Gasteiger partial charge in [-0.3, -0.25) is 9.59 Å². The third kappa shape index (κ3) is 3.39. The number of rotatable bonds is 4. The number of fused-ring (bicyclic) bond motifs is 1. The molecule has 32 heavy (non-hydrogen) atoms. The zero-order valence-electron chi connectivity index (χ0n) is 17.6. The largest absolute Gasteiger partial charge is 0.369 e. The molecule has 0 saturated carbocycles. The fourth-order valence-electron chi connectivity index (χ4n) is 4.51. The van der Waals surface area contributed by atoms with Gasteiger partial charge in [0.05, 0.1) is 35.1 Å². The summed E-state index contributed by atoms with van der Waals surface area (Å²) in [5.74, 6) is -0.414. The highest BCUT2D eigenvalue weighted by molar-refractivity contribution is 6.01. The minimum absolute atomic E-state index is 0.208. The second kappa shape index (κ2) is 7.74. The lowest BCUT2D eigenvalue weighted by molar-refractivity contribution is -0.122. The summed E-state index contributed by atoms with van der Waals surface area (Å²) in [6.07, 6.45) is 3.39. The molecule has 2 aliphatic rings. The number of nitrogens with one attached hydrogen (secondary N) is 1. The smallest absolute Gasteiger partial charge is 0.255 e. The summed E-state index contributed by atoms with van der Waals surface area (Å²) in [4.78, 5) is 30.8. The summed E-state index contributed by atoms with van der Waals surface area (Å²) >= 11 is 0. The molecule has 0 spiro atoms. The molecule has 1 fully saturated rings. The molecule has 1 saturated heterocycles. The van der Waals surface area contributed by atoms with Crippen molar-refractivity contribution in [2.24, 2.45) is 11.7 Å². The number of carbonyl (C=O) groups is 2. The van der Waals surface area contributed by atoms with Crippen LogP contribution in [-0.4, -0.2) is 39.7 Å². The molecule has 4 heterocycles. The average molecular weight is 434 g/mol. The van der Waals surface area contributed by atoms with E-state index in [0.29, 0.717) is 40.6 Å². The molecule has 2 amide bonds. The molecule has 2 aromatic heterocycles. The highest BCUT2D eigenvalue weighted by Gasteiger charge is 2.29. The van der Waals surface area contributed by atoms with Crippen molar-refractivity contribution in [3.05, 3.63) is 59.2 Å². The summed E-state index contributed by atoms with van der Waals surface area (Å²) in [6, 6.07) is 8.43. The Bertz CT molecular complexity index is 1220. The molecular weight excluding hydrogens is 411 g/mol. The minimum atomic E-state index is -0.368. The average Bonchev–Trinajstić information content (AvgIpc) is 3.41. The van der Waals surface area contributed by atoms with E-state index in [0.717, 1.165) is 24.9 Å². The molecule has 164 valence electrons. The molecule has 9 heteroatoms. The van der Waals surface area contributed by atoms with Gasteiger partial charge in [-0.15, -0.1) is 0 Å². The Hall–Kier alpha value is -3.75. The second-order valence-corrected chi connectivity index (χ2v) is 8.27. The maximum Gasteiger partial charge on any atom is 0.255 e. The van der Waals surface area contributed by atoms with Gasteiger partial charge >= 0.3 is 0 Å². The van der Waals surface area contributed by atoms with Gasteiger partial charge in [0.2, 0.25) is 5.91 Å². The number of pyridine rings is 1. The normalized spacial score (nSPS) is 17.9. The van der Waals surface area contributed by atoms with E-state index in [9.17, 15) is 14.0 Å². The van der Waals surface area contributed by atoms with Gasteiger partial charge in [0.25, 0.3) is 5.91 Å². The zero-order chi connectivity index (χ0) is 22.4. The van der Waals surface area contributed by atoms with Crippen LogP contribution in [0.2, 0.25) is 0 Å². The summed E-state index contributed by atoms with van der Waals surface area (Å²) in [5.41, 5.74) is 8.66. The predicted molar refractivity (Wildman–Crippen MR) is 117 cm³/mol. The van der Waals surface area contributed by atoms with Crippen LogP contribution in [-0.2, 0) is 11.3 Å². The van der Waals surface area contributed by atoms with Crippen molar-refractivity contribution < 1.29 is 14.0 Å². The molecule has 0 radical (unpaired) electrons. The van der Waals surface area contributed by atoms with Crippen LogP contribution < -0.4 is 16.0 Å². The number of aryl methyl sites for hydroxylation is 1. The molecule has 0 aliphatic carbocycles. The lowest BCUT2D eigenvalue weighted by Crippen LogP contribution is -2.41. The number of primary amides is 1. The van der Waals surface area contributed by atoms with Gasteiger partial charge in [-0.2, -0.15) is 5.10 Å². The fraction of sp³-hybridized carbons (Fsp3) is 0.304. The first-order valence-corrected chi connectivity index (χ1v) is 10.6. The number of amides is 2. The number of nitrogens with zero attached hydrogens (tertiary/aromatic N) is 4. The Morgan fingerprint density at radius 3 is 2.91 bits per heavy atom. The molecule has 5 rings (SSSR count).